The third-order valence-electron chi connectivity index (χ3n) is 1.91. The highest BCUT2D eigenvalue weighted by molar-refractivity contribution is 9.10. The smallest absolute Gasteiger partial charge is 0.362 e. The molecule has 0 spiro atoms. The lowest BCUT2D eigenvalue weighted by Crippen LogP contribution is -2.06. The van der Waals surface area contributed by atoms with Crippen LogP contribution in [0.1, 0.15) is 5.56 Å². The predicted octanol–water partition coefficient (Wildman–Crippen LogP) is 3.02. The van der Waals surface area contributed by atoms with Gasteiger partial charge >= 0.3 is 5.97 Å². The maximum absolute atomic E-state index is 13.5. The summed E-state index contributed by atoms with van der Waals surface area (Å²) in [6.45, 7) is 0. The number of hydrogen-bond donors (Lipinski definition) is 2. The summed E-state index contributed by atoms with van der Waals surface area (Å²) in [5.74, 6) is -2.52. The van der Waals surface area contributed by atoms with E-state index < -0.39 is 23.2 Å². The van der Waals surface area contributed by atoms with Gasteiger partial charge < -0.3 is 9.84 Å². The molecule has 0 aromatic heterocycles. The first-order chi connectivity index (χ1) is 8.02. The summed E-state index contributed by atoms with van der Waals surface area (Å²) in [5, 5.41) is 12.6. The van der Waals surface area contributed by atoms with E-state index in [-0.39, 0.29) is 10.0 Å². The number of esters is 1. The minimum Gasteiger partial charge on any atom is -0.505 e. The lowest BCUT2D eigenvalue weighted by Gasteiger charge is -2.07. The Bertz CT molecular complexity index is 482. The van der Waals surface area contributed by atoms with Gasteiger partial charge in [0.05, 0.1) is 12.7 Å². The molecule has 0 atom stereocenters. The molecule has 2 N–H and O–H groups in total. The first-order valence-corrected chi connectivity index (χ1v) is 5.15. The quantitative estimate of drug-likeness (QED) is 0.390. The number of halogens is 2. The molecule has 1 aromatic carbocycles. The number of carbonyl (C=O) groups excluding carboxylic acids is 1. The Hall–Kier alpha value is -1.76. The average molecular weight is 303 g/mol. The van der Waals surface area contributed by atoms with E-state index in [9.17, 15) is 14.3 Å². The van der Waals surface area contributed by atoms with Crippen molar-refractivity contribution in [3.8, 4) is 0 Å². The minimum absolute atomic E-state index is 0.236. The van der Waals surface area contributed by atoms with Crippen molar-refractivity contribution in [3.63, 3.8) is 0 Å². The maximum atomic E-state index is 13.5. The summed E-state index contributed by atoms with van der Waals surface area (Å²) in [6, 6.07) is 4.01. The normalized spacial score (nSPS) is 11.7. The Morgan fingerprint density at radius 3 is 2.71 bits per heavy atom. The highest BCUT2D eigenvalue weighted by atomic mass is 79.9. The van der Waals surface area contributed by atoms with E-state index in [0.717, 1.165) is 13.2 Å². The number of nitrogens with one attached hydrogen (secondary N) is 1. The van der Waals surface area contributed by atoms with Gasteiger partial charge in [0, 0.05) is 4.47 Å². The van der Waals surface area contributed by atoms with Crippen LogP contribution in [0.3, 0.4) is 0 Å². The first-order valence-electron chi connectivity index (χ1n) is 4.36. The van der Waals surface area contributed by atoms with Crippen molar-refractivity contribution in [3.05, 3.63) is 39.7 Å². The van der Waals surface area contributed by atoms with Gasteiger partial charge in [-0.3, -0.25) is 0 Å². The lowest BCUT2D eigenvalue weighted by atomic mass is 10.1. The van der Waals surface area contributed by atoms with Crippen LogP contribution in [0.2, 0.25) is 0 Å². The molecule has 17 heavy (non-hydrogen) atoms. The Morgan fingerprint density at radius 1 is 1.59 bits per heavy atom. The van der Waals surface area contributed by atoms with Crippen molar-refractivity contribution in [1.29, 1.82) is 5.53 Å². The second-order valence-electron chi connectivity index (χ2n) is 2.90. The molecule has 0 unspecified atom stereocenters. The number of nitrogens with zero attached hydrogens (tertiary/aromatic N) is 1. The molecular weight excluding hydrogens is 295 g/mol. The fraction of sp³-hybridized carbons (Fsp3) is 0.100. The summed E-state index contributed by atoms with van der Waals surface area (Å²) in [5.41, 5.74) is 5.87. The van der Waals surface area contributed by atoms with Crippen LogP contribution in [0.15, 0.2) is 33.5 Å². The number of benzene rings is 1. The van der Waals surface area contributed by atoms with Gasteiger partial charge in [-0.1, -0.05) is 6.07 Å². The molecule has 0 fully saturated rings. The zero-order valence-electron chi connectivity index (χ0n) is 8.70. The maximum Gasteiger partial charge on any atom is 0.362 e. The van der Waals surface area contributed by atoms with Crippen molar-refractivity contribution in [2.45, 2.75) is 0 Å². The summed E-state index contributed by atoms with van der Waals surface area (Å²) in [7, 11) is 1.07. The molecule has 0 aliphatic heterocycles. The Morgan fingerprint density at radius 2 is 2.24 bits per heavy atom. The fourth-order valence-corrected chi connectivity index (χ4v) is 1.66. The number of carbonyl (C=O) groups is 1. The van der Waals surface area contributed by atoms with Crippen LogP contribution in [-0.2, 0) is 9.53 Å². The van der Waals surface area contributed by atoms with E-state index in [2.05, 4.69) is 25.8 Å². The van der Waals surface area contributed by atoms with Crippen molar-refractivity contribution in [2.24, 2.45) is 5.11 Å². The molecule has 0 radical (unpaired) electrons. The van der Waals surface area contributed by atoms with Gasteiger partial charge in [-0.15, -0.1) is 5.11 Å². The van der Waals surface area contributed by atoms with E-state index in [4.69, 9.17) is 5.53 Å². The first kappa shape index (κ1) is 13.3. The number of methoxy groups -OCH3 is 1. The fourth-order valence-electron chi connectivity index (χ4n) is 1.13. The second kappa shape index (κ2) is 5.53. The van der Waals surface area contributed by atoms with Crippen LogP contribution < -0.4 is 0 Å². The SMILES string of the molecule is COC(=O)C(N=N)=C(O)c1c(F)cccc1Br. The van der Waals surface area contributed by atoms with Gasteiger partial charge in [0.25, 0.3) is 0 Å². The van der Waals surface area contributed by atoms with Crippen molar-refractivity contribution in [2.75, 3.05) is 7.11 Å². The molecular formula is C10H8BrFN2O3. The molecule has 0 aliphatic rings. The molecule has 0 saturated heterocycles. The Kier molecular flexibility index (Phi) is 4.33. The van der Waals surface area contributed by atoms with Crippen LogP contribution in [0.25, 0.3) is 5.76 Å². The van der Waals surface area contributed by atoms with Crippen LogP contribution in [0.5, 0.6) is 0 Å². The topological polar surface area (TPSA) is 82.7 Å². The molecule has 0 heterocycles. The minimum atomic E-state index is -1.02. The highest BCUT2D eigenvalue weighted by Crippen LogP contribution is 2.28. The summed E-state index contributed by atoms with van der Waals surface area (Å²) in [6.07, 6.45) is 0. The van der Waals surface area contributed by atoms with Gasteiger partial charge in [-0.25, -0.2) is 14.7 Å². The summed E-state index contributed by atoms with van der Waals surface area (Å²) < 4.78 is 18.0. The predicted molar refractivity (Wildman–Crippen MR) is 60.8 cm³/mol. The Balaban J connectivity index is 3.45. The average Bonchev–Trinajstić information content (AvgIpc) is 2.29. The van der Waals surface area contributed by atoms with E-state index >= 15 is 0 Å². The number of ether oxygens (including phenoxy) is 1. The summed E-state index contributed by atoms with van der Waals surface area (Å²) in [4.78, 5) is 11.2. The number of aliphatic hydroxyl groups excluding tert-OH is 1. The highest BCUT2D eigenvalue weighted by Gasteiger charge is 2.21. The molecule has 0 saturated carbocycles. The largest absolute Gasteiger partial charge is 0.505 e. The van der Waals surface area contributed by atoms with Crippen LogP contribution in [0.4, 0.5) is 4.39 Å². The number of hydrogen-bond acceptors (Lipinski definition) is 5. The molecule has 0 bridgehead atoms. The van der Waals surface area contributed by atoms with Gasteiger partial charge in [-0.05, 0) is 28.1 Å². The Labute approximate surface area is 105 Å². The lowest BCUT2D eigenvalue weighted by molar-refractivity contribution is -0.136. The van der Waals surface area contributed by atoms with E-state index in [0.29, 0.717) is 0 Å². The monoisotopic (exact) mass is 302 g/mol. The van der Waals surface area contributed by atoms with Gasteiger partial charge in [0.1, 0.15) is 5.82 Å². The number of aliphatic hydroxyl groups is 1. The van der Waals surface area contributed by atoms with Crippen LogP contribution in [0, 0.1) is 11.3 Å². The standard InChI is InChI=1S/C10H8BrFN2O3/c1-17-10(16)8(14-13)9(15)7-5(11)3-2-4-6(7)12/h2-4,13,15H,1H3. The van der Waals surface area contributed by atoms with Crippen LogP contribution in [-0.4, -0.2) is 18.2 Å². The van der Waals surface area contributed by atoms with Crippen molar-refractivity contribution >= 4 is 27.7 Å². The molecule has 7 heteroatoms. The zero-order chi connectivity index (χ0) is 13.0. The second-order valence-corrected chi connectivity index (χ2v) is 3.75. The molecule has 5 nitrogen and oxygen atoms in total. The third kappa shape index (κ3) is 2.68. The van der Waals surface area contributed by atoms with Crippen molar-refractivity contribution in [1.82, 2.24) is 0 Å². The van der Waals surface area contributed by atoms with Crippen molar-refractivity contribution < 1.29 is 19.0 Å². The molecule has 0 amide bonds. The molecule has 1 rings (SSSR count). The number of rotatable bonds is 3. The van der Waals surface area contributed by atoms with Gasteiger partial charge in [0.2, 0.25) is 5.70 Å². The van der Waals surface area contributed by atoms with E-state index in [1.165, 1.54) is 12.1 Å². The van der Waals surface area contributed by atoms with E-state index in [1.807, 2.05) is 0 Å². The van der Waals surface area contributed by atoms with Crippen LogP contribution >= 0.6 is 15.9 Å². The van der Waals surface area contributed by atoms with E-state index in [1.54, 1.807) is 0 Å². The zero-order valence-corrected chi connectivity index (χ0v) is 10.3. The molecule has 90 valence electrons. The third-order valence-corrected chi connectivity index (χ3v) is 2.58. The van der Waals surface area contributed by atoms with Gasteiger partial charge in [0.15, 0.2) is 5.76 Å². The summed E-state index contributed by atoms with van der Waals surface area (Å²) >= 11 is 3.03. The molecule has 0 aliphatic carbocycles. The molecule has 1 aromatic rings. The van der Waals surface area contributed by atoms with Gasteiger partial charge in [-0.2, -0.15) is 0 Å².